The van der Waals surface area contributed by atoms with E-state index >= 15 is 0 Å². The van der Waals surface area contributed by atoms with Crippen LogP contribution in [-0.4, -0.2) is 45.4 Å². The van der Waals surface area contributed by atoms with E-state index in [0.717, 1.165) is 25.9 Å². The first-order chi connectivity index (χ1) is 16.5. The summed E-state index contributed by atoms with van der Waals surface area (Å²) in [6, 6.07) is 25.5. The number of carbonyl (C=O) groups excluding carboxylic acids is 1. The first kappa shape index (κ1) is 24.0. The van der Waals surface area contributed by atoms with Gasteiger partial charge in [-0.1, -0.05) is 54.6 Å². The standard InChI is InChI=1S/C27H31N3O3S/c1-2-30(24-15-7-4-8-16-24)34(32,33)25-17-11-14-23(20-25)27(31)28-21-26(29-18-9-10-19-29)22-12-5-3-6-13-22/h3-8,11-17,20,26H,2,9-10,18-19,21H2,1H3,(H,28,31)/t26-/m1/s1. The van der Waals surface area contributed by atoms with Gasteiger partial charge in [-0.15, -0.1) is 0 Å². The van der Waals surface area contributed by atoms with Crippen LogP contribution in [0.4, 0.5) is 5.69 Å². The molecule has 6 nitrogen and oxygen atoms in total. The lowest BCUT2D eigenvalue weighted by Crippen LogP contribution is -2.37. The van der Waals surface area contributed by atoms with Crippen LogP contribution in [0.3, 0.4) is 0 Å². The molecule has 1 aliphatic rings. The Morgan fingerprint density at radius 3 is 2.24 bits per heavy atom. The molecule has 4 rings (SSSR count). The third-order valence-corrected chi connectivity index (χ3v) is 8.14. The molecular formula is C27H31N3O3S. The van der Waals surface area contributed by atoms with Crippen molar-refractivity contribution in [3.8, 4) is 0 Å². The Hall–Kier alpha value is -3.16. The number of likely N-dealkylation sites (tertiary alicyclic amines) is 1. The fourth-order valence-electron chi connectivity index (χ4n) is 4.49. The van der Waals surface area contributed by atoms with E-state index in [-0.39, 0.29) is 23.4 Å². The second-order valence-electron chi connectivity index (χ2n) is 8.41. The van der Waals surface area contributed by atoms with Gasteiger partial charge in [0.05, 0.1) is 16.6 Å². The Kier molecular flexibility index (Phi) is 7.65. The molecule has 0 aromatic heterocycles. The van der Waals surface area contributed by atoms with E-state index in [2.05, 4.69) is 22.3 Å². The molecule has 34 heavy (non-hydrogen) atoms. The average molecular weight is 478 g/mol. The van der Waals surface area contributed by atoms with Gasteiger partial charge in [-0.05, 0) is 68.8 Å². The first-order valence-corrected chi connectivity index (χ1v) is 13.2. The van der Waals surface area contributed by atoms with Crippen LogP contribution in [0.1, 0.15) is 41.7 Å². The third kappa shape index (κ3) is 5.32. The van der Waals surface area contributed by atoms with Crippen molar-refractivity contribution in [3.63, 3.8) is 0 Å². The number of nitrogens with one attached hydrogen (secondary N) is 1. The monoisotopic (exact) mass is 477 g/mol. The molecule has 1 amide bonds. The number of anilines is 1. The number of hydrogen-bond acceptors (Lipinski definition) is 4. The molecule has 1 fully saturated rings. The maximum Gasteiger partial charge on any atom is 0.264 e. The summed E-state index contributed by atoms with van der Waals surface area (Å²) in [5.74, 6) is -0.278. The van der Waals surface area contributed by atoms with Crippen LogP contribution < -0.4 is 9.62 Å². The minimum Gasteiger partial charge on any atom is -0.350 e. The number of rotatable bonds is 9. The summed E-state index contributed by atoms with van der Waals surface area (Å²) < 4.78 is 28.1. The molecule has 0 unspecified atom stereocenters. The third-order valence-electron chi connectivity index (χ3n) is 6.24. The molecule has 0 radical (unpaired) electrons. The van der Waals surface area contributed by atoms with Crippen LogP contribution >= 0.6 is 0 Å². The zero-order chi connectivity index (χ0) is 24.0. The van der Waals surface area contributed by atoms with Crippen LogP contribution in [0, 0.1) is 0 Å². The van der Waals surface area contributed by atoms with Gasteiger partial charge in [-0.25, -0.2) is 8.42 Å². The Morgan fingerprint density at radius 2 is 1.59 bits per heavy atom. The number of nitrogens with zero attached hydrogens (tertiary/aromatic N) is 2. The molecule has 1 N–H and O–H groups in total. The molecule has 0 aliphatic carbocycles. The number of benzene rings is 3. The summed E-state index contributed by atoms with van der Waals surface area (Å²) in [6.07, 6.45) is 2.32. The van der Waals surface area contributed by atoms with Crippen LogP contribution in [0.15, 0.2) is 89.8 Å². The maximum absolute atomic E-state index is 13.4. The lowest BCUT2D eigenvalue weighted by molar-refractivity contribution is 0.0937. The van der Waals surface area contributed by atoms with E-state index in [9.17, 15) is 13.2 Å². The lowest BCUT2D eigenvalue weighted by atomic mass is 10.1. The van der Waals surface area contributed by atoms with Gasteiger partial charge in [0.1, 0.15) is 0 Å². The Morgan fingerprint density at radius 1 is 0.941 bits per heavy atom. The van der Waals surface area contributed by atoms with Crippen molar-refractivity contribution in [1.29, 1.82) is 0 Å². The van der Waals surface area contributed by atoms with E-state index in [0.29, 0.717) is 17.8 Å². The minimum absolute atomic E-state index is 0.0910. The van der Waals surface area contributed by atoms with Crippen molar-refractivity contribution in [1.82, 2.24) is 10.2 Å². The molecule has 3 aromatic rings. The molecule has 0 saturated carbocycles. The topological polar surface area (TPSA) is 69.7 Å². The molecule has 178 valence electrons. The van der Waals surface area contributed by atoms with Crippen LogP contribution in [0.5, 0.6) is 0 Å². The minimum atomic E-state index is -3.80. The summed E-state index contributed by atoms with van der Waals surface area (Å²) in [5, 5.41) is 3.04. The fraction of sp³-hybridized carbons (Fsp3) is 0.296. The predicted molar refractivity (Wildman–Crippen MR) is 135 cm³/mol. The molecule has 1 saturated heterocycles. The van der Waals surface area contributed by atoms with Gasteiger partial charge >= 0.3 is 0 Å². The molecule has 7 heteroatoms. The summed E-state index contributed by atoms with van der Waals surface area (Å²) in [7, 11) is -3.80. The van der Waals surface area contributed by atoms with Gasteiger partial charge in [0.25, 0.3) is 15.9 Å². The van der Waals surface area contributed by atoms with Crippen molar-refractivity contribution >= 4 is 21.6 Å². The van der Waals surface area contributed by atoms with Gasteiger partial charge in [0.2, 0.25) is 0 Å². The SMILES string of the molecule is CCN(c1ccccc1)S(=O)(=O)c1cccc(C(=O)NC[C@H](c2ccccc2)N2CCCC2)c1. The van der Waals surface area contributed by atoms with E-state index < -0.39 is 10.0 Å². The quantitative estimate of drug-likeness (QED) is 0.494. The highest BCUT2D eigenvalue weighted by atomic mass is 32.2. The van der Waals surface area contributed by atoms with Crippen molar-refractivity contribution in [2.45, 2.75) is 30.7 Å². The zero-order valence-corrected chi connectivity index (χ0v) is 20.2. The Balaban J connectivity index is 1.52. The van der Waals surface area contributed by atoms with E-state index in [1.807, 2.05) is 24.3 Å². The van der Waals surface area contributed by atoms with Gasteiger partial charge in [0.15, 0.2) is 0 Å². The predicted octanol–water partition coefficient (Wildman–Crippen LogP) is 4.47. The molecular weight excluding hydrogens is 446 g/mol. The number of sulfonamides is 1. The summed E-state index contributed by atoms with van der Waals surface area (Å²) in [6.45, 7) is 4.57. The summed E-state index contributed by atoms with van der Waals surface area (Å²) in [4.78, 5) is 15.5. The van der Waals surface area contributed by atoms with Gasteiger partial charge in [-0.3, -0.25) is 14.0 Å². The Bertz CT molecular complexity index is 1190. The van der Waals surface area contributed by atoms with E-state index in [1.54, 1.807) is 43.3 Å². The summed E-state index contributed by atoms with van der Waals surface area (Å²) in [5.41, 5.74) is 2.09. The molecule has 1 heterocycles. The molecule has 1 atom stereocenters. The highest BCUT2D eigenvalue weighted by Gasteiger charge is 2.26. The fourth-order valence-corrected chi connectivity index (χ4v) is 6.01. The highest BCUT2D eigenvalue weighted by molar-refractivity contribution is 7.92. The second kappa shape index (κ2) is 10.8. The largest absolute Gasteiger partial charge is 0.350 e. The number of hydrogen-bond donors (Lipinski definition) is 1. The van der Waals surface area contributed by atoms with Crippen LogP contribution in [-0.2, 0) is 10.0 Å². The molecule has 0 spiro atoms. The van der Waals surface area contributed by atoms with E-state index in [4.69, 9.17) is 0 Å². The van der Waals surface area contributed by atoms with Crippen molar-refractivity contribution in [2.75, 3.05) is 30.5 Å². The van der Waals surface area contributed by atoms with Crippen LogP contribution in [0.2, 0.25) is 0 Å². The Labute approximate surface area is 202 Å². The number of carbonyl (C=O) groups is 1. The van der Waals surface area contributed by atoms with Gasteiger partial charge in [-0.2, -0.15) is 0 Å². The van der Waals surface area contributed by atoms with Gasteiger partial charge < -0.3 is 5.32 Å². The average Bonchev–Trinajstić information content (AvgIpc) is 3.40. The molecule has 1 aliphatic heterocycles. The van der Waals surface area contributed by atoms with Crippen molar-refractivity contribution in [2.24, 2.45) is 0 Å². The normalized spacial score (nSPS) is 15.1. The van der Waals surface area contributed by atoms with Crippen molar-refractivity contribution in [3.05, 3.63) is 96.1 Å². The van der Waals surface area contributed by atoms with E-state index in [1.165, 1.54) is 22.0 Å². The number of para-hydroxylation sites is 1. The summed E-state index contributed by atoms with van der Waals surface area (Å²) >= 11 is 0. The highest BCUT2D eigenvalue weighted by Crippen LogP contribution is 2.26. The zero-order valence-electron chi connectivity index (χ0n) is 19.4. The first-order valence-electron chi connectivity index (χ1n) is 11.8. The van der Waals surface area contributed by atoms with Crippen LogP contribution in [0.25, 0.3) is 0 Å². The lowest BCUT2D eigenvalue weighted by Gasteiger charge is -2.28. The van der Waals surface area contributed by atoms with Crippen molar-refractivity contribution < 1.29 is 13.2 Å². The van der Waals surface area contributed by atoms with Gasteiger partial charge in [0, 0.05) is 18.7 Å². The smallest absolute Gasteiger partial charge is 0.264 e. The maximum atomic E-state index is 13.4. The molecule has 3 aromatic carbocycles. The second-order valence-corrected chi connectivity index (χ2v) is 10.3. The number of amides is 1. The molecule has 0 bridgehead atoms.